The number of nitro benzene ring substituents is 1. The number of thioether (sulfide) groups is 1. The summed E-state index contributed by atoms with van der Waals surface area (Å²) in [5.41, 5.74) is 2.16. The van der Waals surface area contributed by atoms with Gasteiger partial charge in [0.25, 0.3) is 11.6 Å². The second kappa shape index (κ2) is 10.5. The van der Waals surface area contributed by atoms with Gasteiger partial charge in [-0.15, -0.1) is 0 Å². The molecule has 0 atom stereocenters. The zero-order valence-electron chi connectivity index (χ0n) is 17.8. The third-order valence-electron chi connectivity index (χ3n) is 4.86. The van der Waals surface area contributed by atoms with Crippen LogP contribution in [-0.2, 0) is 11.4 Å². The Labute approximate surface area is 219 Å². The van der Waals surface area contributed by atoms with Gasteiger partial charge in [0.2, 0.25) is 0 Å². The van der Waals surface area contributed by atoms with E-state index in [1.54, 1.807) is 24.3 Å². The maximum atomic E-state index is 13.0. The number of methoxy groups -OCH3 is 1. The highest BCUT2D eigenvalue weighted by atomic mass is 127. The molecule has 0 aromatic heterocycles. The van der Waals surface area contributed by atoms with Crippen molar-refractivity contribution in [3.05, 3.63) is 96.4 Å². The van der Waals surface area contributed by atoms with Crippen LogP contribution in [-0.4, -0.2) is 22.3 Å². The minimum Gasteiger partial charge on any atom is -0.493 e. The number of halogens is 1. The fraction of sp³-hybridized carbons (Fsp3) is 0.0833. The average Bonchev–Trinajstić information content (AvgIpc) is 3.11. The predicted octanol–water partition coefficient (Wildman–Crippen LogP) is 6.19. The maximum Gasteiger partial charge on any atom is 0.270 e. The lowest BCUT2D eigenvalue weighted by atomic mass is 10.1. The first kappa shape index (κ1) is 24.2. The number of ether oxygens (including phenoxy) is 2. The molecule has 0 bridgehead atoms. The van der Waals surface area contributed by atoms with Gasteiger partial charge >= 0.3 is 0 Å². The van der Waals surface area contributed by atoms with Crippen LogP contribution in [0.3, 0.4) is 0 Å². The smallest absolute Gasteiger partial charge is 0.270 e. The van der Waals surface area contributed by atoms with Crippen molar-refractivity contribution < 1.29 is 19.2 Å². The molecule has 1 aliphatic rings. The van der Waals surface area contributed by atoms with Gasteiger partial charge < -0.3 is 9.47 Å². The Bertz CT molecular complexity index is 1310. The Morgan fingerprint density at radius 2 is 1.91 bits per heavy atom. The molecule has 1 aliphatic heterocycles. The number of benzene rings is 3. The van der Waals surface area contributed by atoms with Gasteiger partial charge in [-0.3, -0.25) is 19.8 Å². The van der Waals surface area contributed by atoms with Gasteiger partial charge in [0.15, 0.2) is 15.8 Å². The third-order valence-corrected chi connectivity index (χ3v) is 6.97. The summed E-state index contributed by atoms with van der Waals surface area (Å²) in [6.45, 7) is 0.142. The number of para-hydroxylation sites is 1. The van der Waals surface area contributed by atoms with Gasteiger partial charge in [0.1, 0.15) is 6.61 Å². The summed E-state index contributed by atoms with van der Waals surface area (Å²) in [5, 5.41) is 11.0. The quantitative estimate of drug-likeness (QED) is 0.105. The van der Waals surface area contributed by atoms with E-state index in [0.717, 1.165) is 14.8 Å². The van der Waals surface area contributed by atoms with E-state index >= 15 is 0 Å². The van der Waals surface area contributed by atoms with E-state index in [2.05, 4.69) is 22.6 Å². The monoisotopic (exact) mass is 604 g/mol. The fourth-order valence-corrected chi connectivity index (χ4v) is 5.38. The van der Waals surface area contributed by atoms with E-state index in [4.69, 9.17) is 21.7 Å². The number of hydrogen-bond acceptors (Lipinski definition) is 7. The number of anilines is 1. The molecule has 1 heterocycles. The highest BCUT2D eigenvalue weighted by molar-refractivity contribution is 14.1. The highest BCUT2D eigenvalue weighted by Gasteiger charge is 2.33. The summed E-state index contributed by atoms with van der Waals surface area (Å²) in [6.07, 6.45) is 1.78. The van der Waals surface area contributed by atoms with Crippen LogP contribution in [0, 0.1) is 13.7 Å². The fourth-order valence-electron chi connectivity index (χ4n) is 3.30. The number of carbonyl (C=O) groups is 1. The highest BCUT2D eigenvalue weighted by Crippen LogP contribution is 2.39. The van der Waals surface area contributed by atoms with E-state index in [-0.39, 0.29) is 18.2 Å². The molecular weight excluding hydrogens is 587 g/mol. The molecule has 172 valence electrons. The van der Waals surface area contributed by atoms with Gasteiger partial charge in [-0.05, 0) is 64.1 Å². The zero-order valence-corrected chi connectivity index (χ0v) is 21.6. The van der Waals surface area contributed by atoms with Crippen molar-refractivity contribution in [2.24, 2.45) is 0 Å². The zero-order chi connectivity index (χ0) is 24.2. The Balaban J connectivity index is 1.57. The van der Waals surface area contributed by atoms with Crippen LogP contribution in [0.5, 0.6) is 11.5 Å². The van der Waals surface area contributed by atoms with Gasteiger partial charge in [-0.2, -0.15) is 0 Å². The molecule has 1 saturated heterocycles. The normalized spacial score (nSPS) is 14.5. The first-order chi connectivity index (χ1) is 16.4. The minimum absolute atomic E-state index is 0.00549. The molecule has 0 spiro atoms. The summed E-state index contributed by atoms with van der Waals surface area (Å²) in [4.78, 5) is 25.6. The van der Waals surface area contributed by atoms with Crippen LogP contribution in [0.1, 0.15) is 11.1 Å². The number of hydrogen-bond donors (Lipinski definition) is 0. The summed E-state index contributed by atoms with van der Waals surface area (Å²) in [6, 6.07) is 19.2. The Kier molecular flexibility index (Phi) is 7.49. The molecule has 0 N–H and O–H groups in total. The first-order valence-electron chi connectivity index (χ1n) is 9.94. The lowest BCUT2D eigenvalue weighted by Gasteiger charge is -2.14. The summed E-state index contributed by atoms with van der Waals surface area (Å²) >= 11 is 8.81. The van der Waals surface area contributed by atoms with Crippen LogP contribution in [0.25, 0.3) is 6.08 Å². The van der Waals surface area contributed by atoms with Crippen molar-refractivity contribution in [1.82, 2.24) is 0 Å². The number of non-ortho nitro benzene ring substituents is 1. The number of thiocarbonyl (C=S) groups is 1. The molecular formula is C24H17IN2O5S2. The van der Waals surface area contributed by atoms with Crippen LogP contribution < -0.4 is 14.4 Å². The van der Waals surface area contributed by atoms with Gasteiger partial charge in [-0.1, -0.05) is 54.3 Å². The van der Waals surface area contributed by atoms with Crippen LogP contribution >= 0.6 is 46.6 Å². The van der Waals surface area contributed by atoms with E-state index < -0.39 is 4.92 Å². The van der Waals surface area contributed by atoms with Gasteiger partial charge in [0.05, 0.1) is 26.2 Å². The number of rotatable bonds is 7. The van der Waals surface area contributed by atoms with Crippen molar-refractivity contribution >= 4 is 74.2 Å². The van der Waals surface area contributed by atoms with Crippen molar-refractivity contribution in [2.75, 3.05) is 12.0 Å². The van der Waals surface area contributed by atoms with Crippen LogP contribution in [0.15, 0.2) is 71.6 Å². The molecule has 34 heavy (non-hydrogen) atoms. The lowest BCUT2D eigenvalue weighted by Crippen LogP contribution is -2.27. The molecule has 0 unspecified atom stereocenters. The van der Waals surface area contributed by atoms with E-state index in [1.165, 1.54) is 35.9 Å². The molecule has 3 aromatic carbocycles. The molecule has 0 radical (unpaired) electrons. The van der Waals surface area contributed by atoms with Gasteiger partial charge in [-0.25, -0.2) is 0 Å². The molecule has 7 nitrogen and oxygen atoms in total. The summed E-state index contributed by atoms with van der Waals surface area (Å²) in [5.74, 6) is 0.826. The molecule has 4 rings (SSSR count). The Hall–Kier alpha value is -2.96. The van der Waals surface area contributed by atoms with E-state index in [9.17, 15) is 14.9 Å². The number of amides is 1. The Morgan fingerprint density at radius 1 is 1.15 bits per heavy atom. The predicted molar refractivity (Wildman–Crippen MR) is 145 cm³/mol. The minimum atomic E-state index is -0.441. The second-order valence-electron chi connectivity index (χ2n) is 7.10. The molecule has 10 heteroatoms. The lowest BCUT2D eigenvalue weighted by molar-refractivity contribution is -0.384. The SMILES string of the molecule is COc1cc(/C=C2/SC(=S)N(c3ccccc3)C2=O)cc(I)c1OCc1cccc([N+](=O)[O-])c1. The maximum absolute atomic E-state index is 13.0. The topological polar surface area (TPSA) is 81.9 Å². The van der Waals surface area contributed by atoms with Crippen molar-refractivity contribution in [3.63, 3.8) is 0 Å². The standard InChI is InChI=1S/C24H17IN2O5S2/c1-31-20-12-16(13-21-23(28)26(24(33)34-21)17-7-3-2-4-8-17)11-19(25)22(20)32-14-15-6-5-9-18(10-15)27(29)30/h2-13H,14H2,1H3/b21-13+. The molecule has 3 aromatic rings. The van der Waals surface area contributed by atoms with Crippen molar-refractivity contribution in [1.29, 1.82) is 0 Å². The molecule has 0 saturated carbocycles. The van der Waals surface area contributed by atoms with Crippen molar-refractivity contribution in [3.8, 4) is 11.5 Å². The molecule has 1 fully saturated rings. The molecule has 0 aliphatic carbocycles. The van der Waals surface area contributed by atoms with Crippen LogP contribution in [0.4, 0.5) is 11.4 Å². The average molecular weight is 604 g/mol. The number of carbonyl (C=O) groups excluding carboxylic acids is 1. The summed E-state index contributed by atoms with van der Waals surface area (Å²) in [7, 11) is 1.53. The van der Waals surface area contributed by atoms with Crippen molar-refractivity contribution in [2.45, 2.75) is 6.61 Å². The second-order valence-corrected chi connectivity index (χ2v) is 9.94. The van der Waals surface area contributed by atoms with Gasteiger partial charge in [0, 0.05) is 12.1 Å². The van der Waals surface area contributed by atoms with E-state index in [0.29, 0.717) is 26.3 Å². The Morgan fingerprint density at radius 3 is 2.62 bits per heavy atom. The molecule has 1 amide bonds. The largest absolute Gasteiger partial charge is 0.493 e. The summed E-state index contributed by atoms with van der Waals surface area (Å²) < 4.78 is 12.7. The van der Waals surface area contributed by atoms with E-state index in [1.807, 2.05) is 36.4 Å². The van der Waals surface area contributed by atoms with Crippen LogP contribution in [0.2, 0.25) is 0 Å². The third kappa shape index (κ3) is 5.24. The number of nitro groups is 1. The number of nitrogens with zero attached hydrogens (tertiary/aromatic N) is 2. The first-order valence-corrected chi connectivity index (χ1v) is 12.2.